The Labute approximate surface area is 519 Å². The van der Waals surface area contributed by atoms with Crippen LogP contribution < -0.4 is 11.1 Å². The van der Waals surface area contributed by atoms with Crippen LogP contribution in [0.4, 0.5) is 0 Å². The highest BCUT2D eigenvalue weighted by molar-refractivity contribution is 5.82. The number of esters is 1. The number of ether oxygens (including phenoxy) is 25. The SMILES string of the molecule is COCCOCCOCCOCCOCCOCCOCCOCCOCCOCCOCCOCCOCCOCCOCCOCCOCCOCCOCCOCCOCCOCCOCCOCCNC(=O)[C@@H](N)CCC(=O)OC(C)(C)C. The van der Waals surface area contributed by atoms with Gasteiger partial charge in [0.05, 0.1) is 317 Å². The molecule has 87 heavy (non-hydrogen) atoms. The Kier molecular flexibility index (Phi) is 71.3. The fourth-order valence-electron chi connectivity index (χ4n) is 6.26. The Hall–Kier alpha value is -2.06. The molecule has 0 rings (SSSR count). The molecular weight excluding hydrogens is 1160 g/mol. The third-order valence-corrected chi connectivity index (χ3v) is 10.6. The van der Waals surface area contributed by atoms with Crippen LogP contribution >= 0.6 is 0 Å². The standard InChI is InChI=1S/C58H116N2O27/c1-58(2,3)87-56(61)6-5-55(59)57(62)60-7-8-64-11-12-66-15-16-68-19-20-70-23-24-72-27-28-74-31-32-76-35-36-78-39-40-80-43-44-82-47-48-84-51-52-86-54-53-85-50-49-83-46-45-81-42-41-79-38-37-77-34-33-75-30-29-73-26-25-71-22-21-69-18-17-67-14-13-65-10-9-63-4/h55H,5-54,59H2,1-4H3,(H,60,62)/t55-/m0/s1. The number of rotatable bonds is 76. The van der Waals surface area contributed by atoms with Crippen LogP contribution in [0.3, 0.4) is 0 Å². The van der Waals surface area contributed by atoms with Gasteiger partial charge in [-0.1, -0.05) is 0 Å². The maximum absolute atomic E-state index is 12.1. The van der Waals surface area contributed by atoms with Crippen molar-refractivity contribution in [1.29, 1.82) is 0 Å². The maximum atomic E-state index is 12.1. The minimum Gasteiger partial charge on any atom is -0.460 e. The van der Waals surface area contributed by atoms with Crippen LogP contribution in [0.15, 0.2) is 0 Å². The van der Waals surface area contributed by atoms with Gasteiger partial charge in [0.25, 0.3) is 0 Å². The van der Waals surface area contributed by atoms with Gasteiger partial charge in [0.2, 0.25) is 5.91 Å². The van der Waals surface area contributed by atoms with E-state index >= 15 is 0 Å². The third kappa shape index (κ3) is 76.3. The van der Waals surface area contributed by atoms with Crippen molar-refractivity contribution in [1.82, 2.24) is 5.32 Å². The molecule has 0 aromatic rings. The first-order chi connectivity index (χ1) is 42.8. The van der Waals surface area contributed by atoms with Crippen LogP contribution in [0.25, 0.3) is 0 Å². The summed E-state index contributed by atoms with van der Waals surface area (Å²) in [5.41, 5.74) is 5.28. The molecule has 0 spiro atoms. The summed E-state index contributed by atoms with van der Waals surface area (Å²) in [4.78, 5) is 23.8. The van der Waals surface area contributed by atoms with Crippen molar-refractivity contribution in [2.24, 2.45) is 5.73 Å². The number of nitrogens with two attached hydrogens (primary N) is 1. The van der Waals surface area contributed by atoms with E-state index in [-0.39, 0.29) is 24.7 Å². The molecular formula is C58H116N2O27. The van der Waals surface area contributed by atoms with Crippen molar-refractivity contribution in [3.8, 4) is 0 Å². The number of amides is 1. The fourth-order valence-corrected chi connectivity index (χ4v) is 6.26. The smallest absolute Gasteiger partial charge is 0.306 e. The second-order valence-corrected chi connectivity index (χ2v) is 19.1. The highest BCUT2D eigenvalue weighted by Crippen LogP contribution is 2.10. The monoisotopic (exact) mass is 1270 g/mol. The number of methoxy groups -OCH3 is 1. The molecule has 0 aliphatic rings. The molecule has 0 saturated heterocycles. The van der Waals surface area contributed by atoms with Crippen molar-refractivity contribution >= 4 is 11.9 Å². The average molecular weight is 1270 g/mol. The minimum atomic E-state index is -0.789. The summed E-state index contributed by atoms with van der Waals surface area (Å²) in [5, 5.41) is 2.69. The summed E-state index contributed by atoms with van der Waals surface area (Å²) in [6.45, 7) is 28.2. The van der Waals surface area contributed by atoms with E-state index in [1.54, 1.807) is 27.9 Å². The predicted molar refractivity (Wildman–Crippen MR) is 317 cm³/mol. The molecule has 0 aromatic carbocycles. The highest BCUT2D eigenvalue weighted by atomic mass is 16.6. The Balaban J connectivity index is 3.14. The lowest BCUT2D eigenvalue weighted by Crippen LogP contribution is -2.42. The summed E-state index contributed by atoms with van der Waals surface area (Å²) in [7, 11) is 1.64. The molecule has 0 radical (unpaired) electrons. The molecule has 0 fully saturated rings. The molecule has 0 aromatic heterocycles. The number of nitrogens with one attached hydrogen (secondary N) is 1. The van der Waals surface area contributed by atoms with E-state index in [2.05, 4.69) is 5.32 Å². The zero-order valence-electron chi connectivity index (χ0n) is 53.5. The zero-order valence-corrected chi connectivity index (χ0v) is 53.5. The van der Waals surface area contributed by atoms with Crippen molar-refractivity contribution in [2.75, 3.05) is 324 Å². The second kappa shape index (κ2) is 73.0. The Bertz CT molecular complexity index is 1350. The molecule has 29 heteroatoms. The normalized spacial score (nSPS) is 12.2. The first-order valence-corrected chi connectivity index (χ1v) is 30.8. The largest absolute Gasteiger partial charge is 0.460 e. The van der Waals surface area contributed by atoms with Crippen LogP contribution in [0.1, 0.15) is 33.6 Å². The lowest BCUT2D eigenvalue weighted by molar-refractivity contribution is -0.155. The van der Waals surface area contributed by atoms with E-state index in [0.717, 1.165) is 0 Å². The van der Waals surface area contributed by atoms with E-state index < -0.39 is 11.6 Å². The molecule has 0 saturated carbocycles. The minimum absolute atomic E-state index is 0.0800. The van der Waals surface area contributed by atoms with Crippen molar-refractivity contribution in [3.05, 3.63) is 0 Å². The summed E-state index contributed by atoms with van der Waals surface area (Å²) in [6.07, 6.45) is 0.290. The molecule has 0 aliphatic heterocycles. The molecule has 0 aliphatic carbocycles. The van der Waals surface area contributed by atoms with Gasteiger partial charge in [-0.2, -0.15) is 0 Å². The Morgan fingerprint density at radius 2 is 0.448 bits per heavy atom. The zero-order chi connectivity index (χ0) is 63.0. The van der Waals surface area contributed by atoms with Crippen LogP contribution in [0, 0.1) is 0 Å². The Morgan fingerprint density at radius 1 is 0.287 bits per heavy atom. The lowest BCUT2D eigenvalue weighted by Gasteiger charge is -2.20. The van der Waals surface area contributed by atoms with Crippen LogP contribution in [0.2, 0.25) is 0 Å². The summed E-state index contributed by atoms with van der Waals surface area (Å²) < 4.78 is 136. The van der Waals surface area contributed by atoms with Crippen LogP contribution in [-0.4, -0.2) is 348 Å². The summed E-state index contributed by atoms with van der Waals surface area (Å²) >= 11 is 0. The summed E-state index contributed by atoms with van der Waals surface area (Å²) in [6, 6.07) is -0.789. The predicted octanol–water partition coefficient (Wildman–Crippen LogP) is 0.580. The number of carbonyl (C=O) groups excluding carboxylic acids is 2. The van der Waals surface area contributed by atoms with Gasteiger partial charge >= 0.3 is 5.97 Å². The topological polar surface area (TPSA) is 303 Å². The molecule has 0 heterocycles. The van der Waals surface area contributed by atoms with Gasteiger partial charge in [0.1, 0.15) is 5.60 Å². The van der Waals surface area contributed by atoms with Gasteiger partial charge in [0, 0.05) is 20.1 Å². The molecule has 29 nitrogen and oxygen atoms in total. The van der Waals surface area contributed by atoms with E-state index in [1.807, 2.05) is 0 Å². The molecule has 0 bridgehead atoms. The van der Waals surface area contributed by atoms with E-state index in [9.17, 15) is 9.59 Å². The number of carbonyl (C=O) groups is 2. The molecule has 3 N–H and O–H groups in total. The second-order valence-electron chi connectivity index (χ2n) is 19.1. The van der Waals surface area contributed by atoms with Crippen LogP contribution in [0.5, 0.6) is 0 Å². The van der Waals surface area contributed by atoms with Crippen molar-refractivity contribution < 1.29 is 128 Å². The quantitative estimate of drug-likeness (QED) is 0.0622. The van der Waals surface area contributed by atoms with E-state index in [0.29, 0.717) is 317 Å². The van der Waals surface area contributed by atoms with E-state index in [1.165, 1.54) is 0 Å². The molecule has 1 atom stereocenters. The van der Waals surface area contributed by atoms with Gasteiger partial charge in [-0.15, -0.1) is 0 Å². The average Bonchev–Trinajstić information content (AvgIpc) is 3.61. The van der Waals surface area contributed by atoms with Crippen molar-refractivity contribution in [3.63, 3.8) is 0 Å². The highest BCUT2D eigenvalue weighted by Gasteiger charge is 2.19. The van der Waals surface area contributed by atoms with E-state index in [4.69, 9.17) is 124 Å². The first-order valence-electron chi connectivity index (χ1n) is 30.8. The lowest BCUT2D eigenvalue weighted by atomic mass is 10.1. The van der Waals surface area contributed by atoms with Gasteiger partial charge in [-0.3, -0.25) is 9.59 Å². The maximum Gasteiger partial charge on any atom is 0.306 e. The third-order valence-electron chi connectivity index (χ3n) is 10.6. The Morgan fingerprint density at radius 3 is 0.609 bits per heavy atom. The molecule has 520 valence electrons. The van der Waals surface area contributed by atoms with Crippen LogP contribution in [-0.2, 0) is 128 Å². The number of hydrogen-bond acceptors (Lipinski definition) is 28. The van der Waals surface area contributed by atoms with Gasteiger partial charge < -0.3 is 129 Å². The first kappa shape index (κ1) is 84.9. The fraction of sp³-hybridized carbons (Fsp3) is 0.966. The van der Waals surface area contributed by atoms with Gasteiger partial charge in [-0.05, 0) is 27.2 Å². The number of hydrogen-bond donors (Lipinski definition) is 2. The molecule has 1 amide bonds. The summed E-state index contributed by atoms with van der Waals surface area (Å²) in [5.74, 6) is -0.717. The van der Waals surface area contributed by atoms with Gasteiger partial charge in [0.15, 0.2) is 0 Å². The molecule has 0 unspecified atom stereocenters. The van der Waals surface area contributed by atoms with Crippen molar-refractivity contribution in [2.45, 2.75) is 45.3 Å². The van der Waals surface area contributed by atoms with Gasteiger partial charge in [-0.25, -0.2) is 0 Å².